The minimum atomic E-state index is -1.21. The standard InChI is InChI=1S/C10H17N3O6Se3/c11-4(9(16)17)1-2-6(14)12-5(3-20)7(15)13(22)8(21)10(18)19/h4-5,8,20-22H,1-3,11H2,(H,12,14)(H,16,17)(H,18,19)/t4-,5-,8-/m0/s1. The molecule has 0 saturated heterocycles. The summed E-state index contributed by atoms with van der Waals surface area (Å²) in [6.45, 7) is 0. The normalized spacial score (nSPS) is 14.5. The van der Waals surface area contributed by atoms with Gasteiger partial charge in [0.15, 0.2) is 0 Å². The molecular formula is C10H17N3O6Se3. The molecule has 0 bridgehead atoms. The van der Waals surface area contributed by atoms with Gasteiger partial charge in [-0.2, -0.15) is 0 Å². The van der Waals surface area contributed by atoms with Crippen LogP contribution in [0, 0.1) is 0 Å². The van der Waals surface area contributed by atoms with E-state index in [1.807, 2.05) is 32.2 Å². The van der Waals surface area contributed by atoms with Crippen molar-refractivity contribution in [2.24, 2.45) is 5.73 Å². The van der Waals surface area contributed by atoms with Gasteiger partial charge in [0.1, 0.15) is 0 Å². The van der Waals surface area contributed by atoms with Crippen molar-refractivity contribution in [3.05, 3.63) is 0 Å². The molecule has 0 spiro atoms. The van der Waals surface area contributed by atoms with E-state index in [4.69, 9.17) is 15.9 Å². The number of nitrogens with two attached hydrogens (primary N) is 1. The van der Waals surface area contributed by atoms with Crippen molar-refractivity contribution in [3.8, 4) is 0 Å². The fourth-order valence-corrected chi connectivity index (χ4v) is 2.50. The Bertz CT molecular complexity index is 450. The molecule has 0 aromatic carbocycles. The van der Waals surface area contributed by atoms with Crippen LogP contribution in [-0.4, -0.2) is 103 Å². The number of aliphatic carboxylic acids is 2. The third kappa shape index (κ3) is 7.11. The van der Waals surface area contributed by atoms with Gasteiger partial charge in [-0.1, -0.05) is 0 Å². The summed E-state index contributed by atoms with van der Waals surface area (Å²) in [6.07, 6.45) is -0.206. The number of carboxylic acid groups (broad SMARTS) is 2. The maximum atomic E-state index is 12.1. The maximum absolute atomic E-state index is 12.1. The van der Waals surface area contributed by atoms with E-state index in [9.17, 15) is 19.2 Å². The van der Waals surface area contributed by atoms with Crippen molar-refractivity contribution in [2.45, 2.75) is 35.2 Å². The molecule has 0 aliphatic rings. The number of rotatable bonds is 9. The Morgan fingerprint density at radius 1 is 1.18 bits per heavy atom. The molecule has 0 heterocycles. The summed E-state index contributed by atoms with van der Waals surface area (Å²) in [5.41, 5.74) is 5.28. The van der Waals surface area contributed by atoms with Crippen LogP contribution in [0.2, 0.25) is 5.32 Å². The number of carbonyl (C=O) groups excluding carboxylic acids is 2. The molecule has 3 atom stereocenters. The second kappa shape index (κ2) is 10.2. The summed E-state index contributed by atoms with van der Waals surface area (Å²) >= 11 is 5.80. The van der Waals surface area contributed by atoms with Crippen LogP contribution in [0.1, 0.15) is 12.8 Å². The monoisotopic (exact) mass is 515 g/mol. The van der Waals surface area contributed by atoms with Gasteiger partial charge in [-0.25, -0.2) is 0 Å². The van der Waals surface area contributed by atoms with Crippen LogP contribution < -0.4 is 11.1 Å². The Labute approximate surface area is 151 Å². The number of nitrogens with one attached hydrogen (secondary N) is 1. The first-order valence-electron chi connectivity index (χ1n) is 5.93. The number of hydrogen-bond donors (Lipinski definition) is 4. The van der Waals surface area contributed by atoms with Crippen LogP contribution >= 0.6 is 0 Å². The summed E-state index contributed by atoms with van der Waals surface area (Å²) in [5, 5.41) is 20.1. The quantitative estimate of drug-likeness (QED) is 0.230. The van der Waals surface area contributed by atoms with E-state index in [1.165, 1.54) is 0 Å². The number of amides is 2. The Balaban J connectivity index is 4.58. The summed E-state index contributed by atoms with van der Waals surface area (Å²) < 4.78 is 0.941. The Hall–Kier alpha value is -0.602. The molecule has 5 N–H and O–H groups in total. The van der Waals surface area contributed by atoms with E-state index in [-0.39, 0.29) is 18.2 Å². The summed E-state index contributed by atoms with van der Waals surface area (Å²) in [4.78, 5) is 44.1. The average molecular weight is 512 g/mol. The zero-order chi connectivity index (χ0) is 17.4. The summed E-state index contributed by atoms with van der Waals surface area (Å²) in [5.74, 6) is -3.52. The average Bonchev–Trinajstić information content (AvgIpc) is 2.47. The van der Waals surface area contributed by atoms with E-state index < -0.39 is 40.8 Å². The van der Waals surface area contributed by atoms with Crippen LogP contribution in [0.4, 0.5) is 0 Å². The Kier molecular flexibility index (Phi) is 9.95. The summed E-state index contributed by atoms with van der Waals surface area (Å²) in [6, 6.07) is -2.07. The first kappa shape index (κ1) is 21.4. The predicted molar refractivity (Wildman–Crippen MR) is 81.3 cm³/mol. The van der Waals surface area contributed by atoms with Crippen molar-refractivity contribution in [1.29, 1.82) is 0 Å². The molecule has 9 nitrogen and oxygen atoms in total. The second-order valence-electron chi connectivity index (χ2n) is 4.18. The van der Waals surface area contributed by atoms with Crippen LogP contribution in [-0.2, 0) is 19.2 Å². The van der Waals surface area contributed by atoms with E-state index in [2.05, 4.69) is 21.3 Å². The number of nitrogens with zero attached hydrogens (tertiary/aromatic N) is 1. The van der Waals surface area contributed by atoms with Gasteiger partial charge < -0.3 is 0 Å². The number of hydrogen-bond acceptors (Lipinski definition) is 5. The van der Waals surface area contributed by atoms with Gasteiger partial charge >= 0.3 is 152 Å². The zero-order valence-electron chi connectivity index (χ0n) is 11.2. The van der Waals surface area contributed by atoms with E-state index >= 15 is 0 Å². The van der Waals surface area contributed by atoms with Gasteiger partial charge in [0.05, 0.1) is 0 Å². The number of carboxylic acids is 2. The second-order valence-corrected chi connectivity index (χ2v) is 6.88. The fourth-order valence-electron chi connectivity index (χ4n) is 1.25. The topological polar surface area (TPSA) is 150 Å². The van der Waals surface area contributed by atoms with E-state index in [0.29, 0.717) is 0 Å². The molecule has 22 heavy (non-hydrogen) atoms. The molecule has 0 aromatic heterocycles. The zero-order valence-corrected chi connectivity index (χ0v) is 16.9. The molecule has 2 amide bonds. The van der Waals surface area contributed by atoms with Crippen LogP contribution in [0.25, 0.3) is 0 Å². The molecule has 12 heteroatoms. The molecule has 0 rings (SSSR count). The fraction of sp³-hybridized carbons (Fsp3) is 0.600. The Morgan fingerprint density at radius 3 is 2.14 bits per heavy atom. The van der Waals surface area contributed by atoms with Crippen LogP contribution in [0.15, 0.2) is 0 Å². The molecule has 0 saturated carbocycles. The van der Waals surface area contributed by atoms with Crippen molar-refractivity contribution >= 4 is 72.0 Å². The van der Waals surface area contributed by atoms with E-state index in [0.717, 1.165) is 3.92 Å². The van der Waals surface area contributed by atoms with Gasteiger partial charge in [0.2, 0.25) is 0 Å². The molecular weight excluding hydrogens is 495 g/mol. The van der Waals surface area contributed by atoms with Crippen molar-refractivity contribution < 1.29 is 29.4 Å². The van der Waals surface area contributed by atoms with Crippen molar-refractivity contribution in [3.63, 3.8) is 0 Å². The van der Waals surface area contributed by atoms with Gasteiger partial charge in [-0.15, -0.1) is 0 Å². The molecule has 0 aromatic rings. The third-order valence-electron chi connectivity index (χ3n) is 2.49. The SMILES string of the molecule is N[C@@H](CCC(=O)N[C@@H](C[SeH])C(=O)N([SeH])[C@@H]([SeH])C(=O)O)C(=O)O. The third-order valence-corrected chi connectivity index (χ3v) is 5.96. The first-order chi connectivity index (χ1) is 10.1. The van der Waals surface area contributed by atoms with Crippen molar-refractivity contribution in [2.75, 3.05) is 0 Å². The number of carbonyl (C=O) groups is 4. The molecule has 0 aliphatic carbocycles. The molecule has 0 radical (unpaired) electrons. The Morgan fingerprint density at radius 2 is 1.73 bits per heavy atom. The molecule has 126 valence electrons. The summed E-state index contributed by atoms with van der Waals surface area (Å²) in [7, 11) is 0. The van der Waals surface area contributed by atoms with Gasteiger partial charge in [0, 0.05) is 0 Å². The first-order valence-corrected chi connectivity index (χ1v) is 9.18. The molecule has 0 aliphatic heterocycles. The van der Waals surface area contributed by atoms with Gasteiger partial charge in [-0.05, 0) is 0 Å². The molecule has 0 unspecified atom stereocenters. The van der Waals surface area contributed by atoms with Crippen LogP contribution in [0.5, 0.6) is 0 Å². The van der Waals surface area contributed by atoms with Gasteiger partial charge in [-0.3, -0.25) is 0 Å². The van der Waals surface area contributed by atoms with Gasteiger partial charge in [0.25, 0.3) is 0 Å². The minimum absolute atomic E-state index is 0.0605. The van der Waals surface area contributed by atoms with E-state index in [1.54, 1.807) is 0 Å². The molecule has 0 fully saturated rings. The van der Waals surface area contributed by atoms with Crippen LogP contribution in [0.3, 0.4) is 0 Å². The predicted octanol–water partition coefficient (Wildman–Crippen LogP) is -4.06. The van der Waals surface area contributed by atoms with Crippen molar-refractivity contribution in [1.82, 2.24) is 9.23 Å².